The number of halogens is 1. The lowest BCUT2D eigenvalue weighted by molar-refractivity contribution is 0.321. The van der Waals surface area contributed by atoms with E-state index in [9.17, 15) is 0 Å². The number of hydrogen-bond acceptors (Lipinski definition) is 2. The van der Waals surface area contributed by atoms with Crippen LogP contribution in [0.15, 0.2) is 15.9 Å². The molecule has 100 valence electrons. The van der Waals surface area contributed by atoms with Gasteiger partial charge in [-0.1, -0.05) is 25.7 Å². The lowest BCUT2D eigenvalue weighted by Crippen LogP contribution is -2.30. The molecule has 1 aromatic rings. The molecule has 3 rings (SSSR count). The van der Waals surface area contributed by atoms with Crippen LogP contribution in [0.3, 0.4) is 0 Å². The van der Waals surface area contributed by atoms with E-state index in [4.69, 9.17) is 0 Å². The molecule has 1 nitrogen and oxygen atoms in total. The average Bonchev–Trinajstić information content (AvgIpc) is 2.87. The van der Waals surface area contributed by atoms with Crippen molar-refractivity contribution in [1.82, 2.24) is 5.32 Å². The lowest BCUT2D eigenvalue weighted by atomic mass is 9.87. The summed E-state index contributed by atoms with van der Waals surface area (Å²) in [6, 6.07) is 3.04. The molecule has 2 saturated carbocycles. The Hall–Kier alpha value is 0.140. The van der Waals surface area contributed by atoms with Crippen molar-refractivity contribution in [1.29, 1.82) is 0 Å². The second-order valence-electron chi connectivity index (χ2n) is 5.88. The van der Waals surface area contributed by atoms with Crippen LogP contribution in [0.2, 0.25) is 0 Å². The minimum atomic E-state index is 0.848. The first-order valence-corrected chi connectivity index (χ1v) is 8.95. The maximum absolute atomic E-state index is 3.75. The Morgan fingerprint density at radius 2 is 2.06 bits per heavy atom. The van der Waals surface area contributed by atoms with E-state index in [1.807, 2.05) is 11.3 Å². The van der Waals surface area contributed by atoms with Crippen molar-refractivity contribution in [2.75, 3.05) is 6.54 Å². The van der Waals surface area contributed by atoms with Gasteiger partial charge in [0, 0.05) is 15.4 Å². The monoisotopic (exact) mass is 327 g/mol. The molecule has 0 radical (unpaired) electrons. The van der Waals surface area contributed by atoms with E-state index < -0.39 is 0 Å². The smallest absolute Gasteiger partial charge is 0.0314 e. The zero-order valence-electron chi connectivity index (χ0n) is 10.8. The maximum Gasteiger partial charge on any atom is 0.0314 e. The number of nitrogens with one attached hydrogen (secondary N) is 1. The predicted octanol–water partition coefficient (Wildman–Crippen LogP) is 4.61. The highest BCUT2D eigenvalue weighted by atomic mass is 79.9. The third-order valence-corrected chi connectivity index (χ3v) is 6.40. The van der Waals surface area contributed by atoms with Crippen LogP contribution in [0.1, 0.15) is 43.4 Å². The predicted molar refractivity (Wildman–Crippen MR) is 82.2 cm³/mol. The first-order chi connectivity index (χ1) is 8.83. The second kappa shape index (κ2) is 6.06. The van der Waals surface area contributed by atoms with Gasteiger partial charge in [0.05, 0.1) is 0 Å². The molecule has 0 spiro atoms. The van der Waals surface area contributed by atoms with Crippen LogP contribution in [-0.2, 0) is 6.42 Å². The molecular weight excluding hydrogens is 306 g/mol. The van der Waals surface area contributed by atoms with Gasteiger partial charge in [-0.05, 0) is 65.0 Å². The maximum atomic E-state index is 3.75. The highest BCUT2D eigenvalue weighted by molar-refractivity contribution is 9.10. The van der Waals surface area contributed by atoms with Crippen molar-refractivity contribution in [3.8, 4) is 0 Å². The van der Waals surface area contributed by atoms with E-state index in [-0.39, 0.29) is 0 Å². The van der Waals surface area contributed by atoms with Gasteiger partial charge in [-0.25, -0.2) is 0 Å². The van der Waals surface area contributed by atoms with E-state index in [1.165, 1.54) is 56.0 Å². The van der Waals surface area contributed by atoms with E-state index in [0.717, 1.165) is 17.9 Å². The van der Waals surface area contributed by atoms with Gasteiger partial charge in [-0.2, -0.15) is 0 Å². The minimum absolute atomic E-state index is 0.848. The van der Waals surface area contributed by atoms with Crippen molar-refractivity contribution in [3.05, 3.63) is 20.8 Å². The van der Waals surface area contributed by atoms with Crippen LogP contribution >= 0.6 is 27.3 Å². The molecule has 0 aromatic carbocycles. The van der Waals surface area contributed by atoms with E-state index in [0.29, 0.717) is 0 Å². The van der Waals surface area contributed by atoms with Gasteiger partial charge < -0.3 is 5.32 Å². The number of thiophene rings is 1. The molecule has 2 fully saturated rings. The Bertz CT molecular complexity index is 380. The molecule has 2 aliphatic carbocycles. The fourth-order valence-corrected chi connectivity index (χ4v) is 4.76. The van der Waals surface area contributed by atoms with E-state index in [2.05, 4.69) is 32.7 Å². The topological polar surface area (TPSA) is 12.0 Å². The molecule has 1 atom stereocenters. The lowest BCUT2D eigenvalue weighted by Gasteiger charge is -2.23. The van der Waals surface area contributed by atoms with Crippen molar-refractivity contribution in [2.45, 2.75) is 51.0 Å². The van der Waals surface area contributed by atoms with Crippen LogP contribution in [0.5, 0.6) is 0 Å². The minimum Gasteiger partial charge on any atom is -0.314 e. The second-order valence-corrected chi connectivity index (χ2v) is 7.74. The Morgan fingerprint density at radius 3 is 2.67 bits per heavy atom. The first-order valence-electron chi connectivity index (χ1n) is 7.28. The molecule has 3 heteroatoms. The number of hydrogen-bond donors (Lipinski definition) is 1. The third-order valence-electron chi connectivity index (χ3n) is 4.45. The summed E-state index contributed by atoms with van der Waals surface area (Å²) in [5.41, 5.74) is 0. The van der Waals surface area contributed by atoms with Crippen molar-refractivity contribution in [3.63, 3.8) is 0 Å². The molecule has 1 heterocycles. The van der Waals surface area contributed by atoms with Crippen LogP contribution < -0.4 is 5.32 Å². The summed E-state index contributed by atoms with van der Waals surface area (Å²) in [5.74, 6) is 1.81. The van der Waals surface area contributed by atoms with Crippen molar-refractivity contribution < 1.29 is 0 Å². The van der Waals surface area contributed by atoms with Gasteiger partial charge in [0.15, 0.2) is 0 Å². The molecule has 18 heavy (non-hydrogen) atoms. The van der Waals surface area contributed by atoms with E-state index >= 15 is 0 Å². The largest absolute Gasteiger partial charge is 0.314 e. The standard InChI is InChI=1S/C15H22BrNS/c16-14-7-8-18-15(14)9-12(10-17-13-5-6-13)11-3-1-2-4-11/h7-8,11-13,17H,1-6,9-10H2. The molecule has 0 aliphatic heterocycles. The van der Waals surface area contributed by atoms with Crippen LogP contribution in [0.4, 0.5) is 0 Å². The van der Waals surface area contributed by atoms with Crippen molar-refractivity contribution >= 4 is 27.3 Å². The van der Waals surface area contributed by atoms with Crippen LogP contribution in [0.25, 0.3) is 0 Å². The zero-order chi connectivity index (χ0) is 12.4. The van der Waals surface area contributed by atoms with Gasteiger partial charge >= 0.3 is 0 Å². The Morgan fingerprint density at radius 1 is 1.28 bits per heavy atom. The summed E-state index contributed by atoms with van der Waals surface area (Å²) in [6.07, 6.45) is 9.90. The van der Waals surface area contributed by atoms with Crippen molar-refractivity contribution in [2.24, 2.45) is 11.8 Å². The molecular formula is C15H22BrNS. The Kier molecular flexibility index (Phi) is 4.42. The van der Waals surface area contributed by atoms with Gasteiger partial charge in [0.1, 0.15) is 0 Å². The van der Waals surface area contributed by atoms with Gasteiger partial charge in [-0.3, -0.25) is 0 Å². The molecule has 0 amide bonds. The molecule has 0 saturated heterocycles. The fraction of sp³-hybridized carbons (Fsp3) is 0.733. The molecule has 1 N–H and O–H groups in total. The van der Waals surface area contributed by atoms with E-state index in [1.54, 1.807) is 4.88 Å². The SMILES string of the molecule is Brc1ccsc1CC(CNC1CC1)C1CCCC1. The number of rotatable bonds is 6. The van der Waals surface area contributed by atoms with Crippen LogP contribution in [0, 0.1) is 11.8 Å². The van der Waals surface area contributed by atoms with Gasteiger partial charge in [0.25, 0.3) is 0 Å². The van der Waals surface area contributed by atoms with Gasteiger partial charge in [0.2, 0.25) is 0 Å². The van der Waals surface area contributed by atoms with Crippen LogP contribution in [-0.4, -0.2) is 12.6 Å². The average molecular weight is 328 g/mol. The summed E-state index contributed by atoms with van der Waals surface area (Å²) < 4.78 is 1.32. The fourth-order valence-electron chi connectivity index (χ4n) is 3.15. The van der Waals surface area contributed by atoms with Gasteiger partial charge in [-0.15, -0.1) is 11.3 Å². The molecule has 0 bridgehead atoms. The first kappa shape index (κ1) is 13.1. The Balaban J connectivity index is 1.61. The summed E-state index contributed by atoms with van der Waals surface area (Å²) in [6.45, 7) is 1.24. The quantitative estimate of drug-likeness (QED) is 0.804. The third kappa shape index (κ3) is 3.37. The molecule has 1 unspecified atom stereocenters. The summed E-state index contributed by atoms with van der Waals surface area (Å²) >= 11 is 5.60. The molecule has 1 aromatic heterocycles. The summed E-state index contributed by atoms with van der Waals surface area (Å²) in [4.78, 5) is 1.55. The highest BCUT2D eigenvalue weighted by Crippen LogP contribution is 2.36. The normalized spacial score (nSPS) is 22.5. The summed E-state index contributed by atoms with van der Waals surface area (Å²) in [7, 11) is 0. The highest BCUT2D eigenvalue weighted by Gasteiger charge is 2.28. The molecule has 2 aliphatic rings. The Labute approximate surface area is 122 Å². The zero-order valence-corrected chi connectivity index (χ0v) is 13.2. The summed E-state index contributed by atoms with van der Waals surface area (Å²) in [5, 5.41) is 5.96.